The van der Waals surface area contributed by atoms with Gasteiger partial charge >= 0.3 is 0 Å². The minimum atomic E-state index is 1.07. The van der Waals surface area contributed by atoms with Crippen molar-refractivity contribution in [1.29, 1.82) is 0 Å². The van der Waals surface area contributed by atoms with Crippen molar-refractivity contribution >= 4 is 0 Å². The fraction of sp³-hybridized carbons (Fsp3) is 0.333. The molecule has 0 saturated heterocycles. The van der Waals surface area contributed by atoms with E-state index >= 15 is 0 Å². The van der Waals surface area contributed by atoms with Crippen LogP contribution in [0.15, 0.2) is 49.1 Å². The van der Waals surface area contributed by atoms with Gasteiger partial charge in [-0.15, -0.1) is 6.58 Å². The topological polar surface area (TPSA) is 0 Å². The summed E-state index contributed by atoms with van der Waals surface area (Å²) in [5.74, 6) is 0. The van der Waals surface area contributed by atoms with E-state index in [1.54, 1.807) is 0 Å². The molecule has 0 heterocycles. The summed E-state index contributed by atoms with van der Waals surface area (Å²) in [5, 5.41) is 0. The fourth-order valence-corrected chi connectivity index (χ4v) is 0.860. The molecule has 0 aliphatic rings. The number of rotatable bonds is 6. The van der Waals surface area contributed by atoms with Crippen LogP contribution in [0.2, 0.25) is 0 Å². The van der Waals surface area contributed by atoms with Crippen molar-refractivity contribution in [2.24, 2.45) is 0 Å². The lowest BCUT2D eigenvalue weighted by atomic mass is 10.1. The molecule has 0 bridgehead atoms. The van der Waals surface area contributed by atoms with Gasteiger partial charge in [0.05, 0.1) is 0 Å². The van der Waals surface area contributed by atoms with Crippen molar-refractivity contribution < 1.29 is 0 Å². The molecule has 0 nitrogen and oxygen atoms in total. The number of hydrogen-bond acceptors (Lipinski definition) is 0. The highest BCUT2D eigenvalue weighted by atomic mass is 13.9. The lowest BCUT2D eigenvalue weighted by Gasteiger charge is -1.95. The van der Waals surface area contributed by atoms with E-state index in [2.05, 4.69) is 19.2 Å². The molecule has 0 atom stereocenters. The van der Waals surface area contributed by atoms with Crippen LogP contribution in [0, 0.1) is 0 Å². The van der Waals surface area contributed by atoms with Crippen molar-refractivity contribution in [1.82, 2.24) is 0 Å². The summed E-state index contributed by atoms with van der Waals surface area (Å²) in [6.07, 6.45) is 13.4. The Morgan fingerprint density at radius 3 is 2.67 bits per heavy atom. The Morgan fingerprint density at radius 1 is 1.33 bits per heavy atom. The first kappa shape index (κ1) is 11.0. The lowest BCUT2D eigenvalue weighted by Crippen LogP contribution is -1.75. The van der Waals surface area contributed by atoms with Crippen molar-refractivity contribution in [2.75, 3.05) is 0 Å². The fourth-order valence-electron chi connectivity index (χ4n) is 0.860. The average molecular weight is 162 g/mol. The summed E-state index contributed by atoms with van der Waals surface area (Å²) in [5.41, 5.74) is 1.19. The van der Waals surface area contributed by atoms with E-state index < -0.39 is 0 Å². The average Bonchev–Trinajstić information content (AvgIpc) is 2.06. The molecule has 0 aliphatic carbocycles. The first-order valence-corrected chi connectivity index (χ1v) is 4.39. The Hall–Kier alpha value is -1.04. The first-order valence-electron chi connectivity index (χ1n) is 4.39. The molecule has 0 fully saturated rings. The molecule has 0 aliphatic heterocycles. The third-order valence-electron chi connectivity index (χ3n) is 1.54. The van der Waals surface area contributed by atoms with E-state index in [0.29, 0.717) is 0 Å². The van der Waals surface area contributed by atoms with Gasteiger partial charge < -0.3 is 0 Å². The second-order valence-corrected chi connectivity index (χ2v) is 2.72. The highest BCUT2D eigenvalue weighted by Crippen LogP contribution is 2.06. The zero-order valence-corrected chi connectivity index (χ0v) is 7.92. The Balaban J connectivity index is 3.52. The SMILES string of the molecule is C=CCCCC(=C)/C=C\C=C/C. The minimum absolute atomic E-state index is 1.07. The predicted molar refractivity (Wildman–Crippen MR) is 57.1 cm³/mol. The van der Waals surface area contributed by atoms with Gasteiger partial charge in [0, 0.05) is 0 Å². The molecule has 0 N–H and O–H groups in total. The van der Waals surface area contributed by atoms with Gasteiger partial charge in [0.2, 0.25) is 0 Å². The van der Waals surface area contributed by atoms with Gasteiger partial charge in [0.25, 0.3) is 0 Å². The molecule has 0 aromatic heterocycles. The smallest absolute Gasteiger partial charge is 0.0282 e. The highest BCUT2D eigenvalue weighted by molar-refractivity contribution is 5.18. The summed E-state index contributed by atoms with van der Waals surface area (Å²) in [6.45, 7) is 9.62. The highest BCUT2D eigenvalue weighted by Gasteiger charge is 1.86. The molecule has 0 saturated carbocycles. The van der Waals surface area contributed by atoms with E-state index in [4.69, 9.17) is 0 Å². The number of unbranched alkanes of at least 4 members (excludes halogenated alkanes) is 1. The van der Waals surface area contributed by atoms with Crippen LogP contribution in [0.3, 0.4) is 0 Å². The Morgan fingerprint density at radius 2 is 2.08 bits per heavy atom. The first-order chi connectivity index (χ1) is 5.81. The van der Waals surface area contributed by atoms with Gasteiger partial charge in [-0.1, -0.05) is 42.5 Å². The maximum Gasteiger partial charge on any atom is -0.0282 e. The Bertz CT molecular complexity index is 182. The third kappa shape index (κ3) is 7.07. The largest absolute Gasteiger partial charge is 0.103 e. The second-order valence-electron chi connectivity index (χ2n) is 2.72. The van der Waals surface area contributed by atoms with Gasteiger partial charge in [0.15, 0.2) is 0 Å². The van der Waals surface area contributed by atoms with Gasteiger partial charge in [-0.25, -0.2) is 0 Å². The minimum Gasteiger partial charge on any atom is -0.103 e. The number of allylic oxidation sites excluding steroid dienone is 6. The molecular weight excluding hydrogens is 144 g/mol. The monoisotopic (exact) mass is 162 g/mol. The lowest BCUT2D eigenvalue weighted by molar-refractivity contribution is 0.850. The van der Waals surface area contributed by atoms with E-state index in [1.165, 1.54) is 5.57 Å². The summed E-state index contributed by atoms with van der Waals surface area (Å²) < 4.78 is 0. The van der Waals surface area contributed by atoms with Crippen LogP contribution >= 0.6 is 0 Å². The summed E-state index contributed by atoms with van der Waals surface area (Å²) in [6, 6.07) is 0. The van der Waals surface area contributed by atoms with E-state index in [9.17, 15) is 0 Å². The van der Waals surface area contributed by atoms with Gasteiger partial charge in [-0.2, -0.15) is 0 Å². The van der Waals surface area contributed by atoms with Crippen LogP contribution in [-0.2, 0) is 0 Å². The van der Waals surface area contributed by atoms with Crippen molar-refractivity contribution in [3.63, 3.8) is 0 Å². The van der Waals surface area contributed by atoms with Crippen molar-refractivity contribution in [3.05, 3.63) is 49.1 Å². The van der Waals surface area contributed by atoms with Crippen LogP contribution in [0.4, 0.5) is 0 Å². The van der Waals surface area contributed by atoms with Crippen LogP contribution in [-0.4, -0.2) is 0 Å². The van der Waals surface area contributed by atoms with Gasteiger partial charge in [0.1, 0.15) is 0 Å². The maximum absolute atomic E-state index is 3.94. The Labute approximate surface area is 76.0 Å². The molecule has 0 spiro atoms. The van der Waals surface area contributed by atoms with Crippen LogP contribution < -0.4 is 0 Å². The van der Waals surface area contributed by atoms with Crippen molar-refractivity contribution in [2.45, 2.75) is 26.2 Å². The molecule has 0 amide bonds. The molecular formula is C12H18. The standard InChI is InChI=1S/C12H18/c1-4-6-8-10-12(3)11-9-7-5-2/h4-5,7,9,11H,1,3,6,8,10H2,2H3/b7-5-,11-9-. The van der Waals surface area contributed by atoms with Crippen LogP contribution in [0.1, 0.15) is 26.2 Å². The second kappa shape index (κ2) is 8.06. The number of hydrogen-bond donors (Lipinski definition) is 0. The third-order valence-corrected chi connectivity index (χ3v) is 1.54. The summed E-state index contributed by atoms with van der Waals surface area (Å²) in [7, 11) is 0. The van der Waals surface area contributed by atoms with Gasteiger partial charge in [-0.05, 0) is 26.2 Å². The molecule has 0 radical (unpaired) electrons. The summed E-state index contributed by atoms with van der Waals surface area (Å²) >= 11 is 0. The van der Waals surface area contributed by atoms with Crippen LogP contribution in [0.25, 0.3) is 0 Å². The molecule has 66 valence electrons. The van der Waals surface area contributed by atoms with E-state index in [0.717, 1.165) is 19.3 Å². The maximum atomic E-state index is 3.94. The quantitative estimate of drug-likeness (QED) is 0.314. The normalized spacial score (nSPS) is 11.1. The van der Waals surface area contributed by atoms with Gasteiger partial charge in [-0.3, -0.25) is 0 Å². The van der Waals surface area contributed by atoms with Crippen LogP contribution in [0.5, 0.6) is 0 Å². The zero-order valence-electron chi connectivity index (χ0n) is 7.92. The molecule has 12 heavy (non-hydrogen) atoms. The molecule has 0 rings (SSSR count). The van der Waals surface area contributed by atoms with E-state index in [-0.39, 0.29) is 0 Å². The molecule has 0 aromatic carbocycles. The molecule has 0 heteroatoms. The Kier molecular flexibility index (Phi) is 7.36. The molecule has 0 aromatic rings. The zero-order chi connectivity index (χ0) is 9.23. The van der Waals surface area contributed by atoms with Crippen molar-refractivity contribution in [3.8, 4) is 0 Å². The summed E-state index contributed by atoms with van der Waals surface area (Å²) in [4.78, 5) is 0. The van der Waals surface area contributed by atoms with E-state index in [1.807, 2.05) is 31.2 Å². The molecule has 0 unspecified atom stereocenters. The predicted octanol–water partition coefficient (Wildman–Crippen LogP) is 4.03.